The Balaban J connectivity index is 1.65. The Morgan fingerprint density at radius 2 is 1.64 bits per heavy atom. The number of carbonyl (C=O) groups is 2. The maximum atomic E-state index is 12.4. The fraction of sp³-hybridized carbons (Fsp3) is 0.227. The zero-order valence-electron chi connectivity index (χ0n) is 16.2. The largest absolute Gasteiger partial charge is 0.452 e. The summed E-state index contributed by atoms with van der Waals surface area (Å²) < 4.78 is 7.13. The molecule has 3 aromatic rings. The van der Waals surface area contributed by atoms with Crippen molar-refractivity contribution < 1.29 is 14.3 Å². The van der Waals surface area contributed by atoms with Gasteiger partial charge in [-0.3, -0.25) is 9.59 Å². The van der Waals surface area contributed by atoms with Crippen LogP contribution in [0.2, 0.25) is 0 Å². The van der Waals surface area contributed by atoms with Crippen LogP contribution in [-0.4, -0.2) is 27.8 Å². The number of hydrogen-bond donors (Lipinski definition) is 1. The van der Waals surface area contributed by atoms with Crippen LogP contribution in [0.1, 0.15) is 23.9 Å². The van der Waals surface area contributed by atoms with Gasteiger partial charge in [-0.05, 0) is 45.0 Å². The molecule has 6 heteroatoms. The fourth-order valence-electron chi connectivity index (χ4n) is 2.95. The number of carbonyl (C=O) groups excluding carboxylic acids is 2. The first-order valence-corrected chi connectivity index (χ1v) is 9.11. The summed E-state index contributed by atoms with van der Waals surface area (Å²) in [6, 6.07) is 18.8. The first kappa shape index (κ1) is 19.4. The monoisotopic (exact) mass is 377 g/mol. The van der Waals surface area contributed by atoms with Crippen LogP contribution in [0.3, 0.4) is 0 Å². The molecule has 0 aliphatic heterocycles. The molecule has 1 heterocycles. The van der Waals surface area contributed by atoms with Crippen LogP contribution in [0, 0.1) is 13.8 Å². The number of ether oxygens (including phenoxy) is 1. The normalized spacial score (nSPS) is 11.7. The summed E-state index contributed by atoms with van der Waals surface area (Å²) in [5.74, 6) is -0.831. The van der Waals surface area contributed by atoms with Crippen molar-refractivity contribution in [1.29, 1.82) is 0 Å². The zero-order valence-corrected chi connectivity index (χ0v) is 16.2. The number of esters is 1. The Hall–Kier alpha value is -3.41. The van der Waals surface area contributed by atoms with E-state index < -0.39 is 12.1 Å². The number of nitrogens with one attached hydrogen (secondary N) is 1. The molecule has 28 heavy (non-hydrogen) atoms. The highest BCUT2D eigenvalue weighted by Gasteiger charge is 2.21. The first-order valence-electron chi connectivity index (χ1n) is 9.11. The Kier molecular flexibility index (Phi) is 5.89. The van der Waals surface area contributed by atoms with Crippen LogP contribution in [-0.2, 0) is 20.7 Å². The number of nitrogens with zero attached hydrogens (tertiary/aromatic N) is 2. The topological polar surface area (TPSA) is 73.2 Å². The predicted octanol–water partition coefficient (Wildman–Crippen LogP) is 3.60. The third-order valence-corrected chi connectivity index (χ3v) is 4.48. The van der Waals surface area contributed by atoms with Gasteiger partial charge in [-0.2, -0.15) is 5.10 Å². The lowest BCUT2D eigenvalue weighted by molar-refractivity contribution is -0.152. The molecule has 2 aromatic carbocycles. The molecule has 1 amide bonds. The summed E-state index contributed by atoms with van der Waals surface area (Å²) in [6.45, 7) is 5.34. The lowest BCUT2D eigenvalue weighted by Gasteiger charge is -2.13. The van der Waals surface area contributed by atoms with Gasteiger partial charge in [0.1, 0.15) is 0 Å². The molecule has 0 saturated heterocycles. The van der Waals surface area contributed by atoms with E-state index in [4.69, 9.17) is 4.74 Å². The van der Waals surface area contributed by atoms with Crippen molar-refractivity contribution in [3.8, 4) is 5.69 Å². The van der Waals surface area contributed by atoms with Crippen molar-refractivity contribution in [3.05, 3.63) is 77.6 Å². The highest BCUT2D eigenvalue weighted by Crippen LogP contribution is 2.19. The van der Waals surface area contributed by atoms with Crippen LogP contribution in [0.25, 0.3) is 5.69 Å². The van der Waals surface area contributed by atoms with E-state index in [-0.39, 0.29) is 12.3 Å². The van der Waals surface area contributed by atoms with Crippen LogP contribution in [0.5, 0.6) is 0 Å². The molecule has 1 N–H and O–H groups in total. The average Bonchev–Trinajstić information content (AvgIpc) is 2.97. The summed E-state index contributed by atoms with van der Waals surface area (Å²) in [5.41, 5.74) is 4.04. The second-order valence-corrected chi connectivity index (χ2v) is 6.56. The van der Waals surface area contributed by atoms with E-state index >= 15 is 0 Å². The molecule has 0 unspecified atom stereocenters. The summed E-state index contributed by atoms with van der Waals surface area (Å²) in [7, 11) is 0. The van der Waals surface area contributed by atoms with E-state index in [1.165, 1.54) is 0 Å². The van der Waals surface area contributed by atoms with Gasteiger partial charge in [0, 0.05) is 16.9 Å². The van der Waals surface area contributed by atoms with Gasteiger partial charge in [0.15, 0.2) is 6.10 Å². The summed E-state index contributed by atoms with van der Waals surface area (Å²) in [4.78, 5) is 24.6. The summed E-state index contributed by atoms with van der Waals surface area (Å²) >= 11 is 0. The molecule has 0 aliphatic rings. The Morgan fingerprint density at radius 3 is 2.29 bits per heavy atom. The SMILES string of the molecule is Cc1nn(-c2ccccc2)c(C)c1CC(=O)O[C@H](C)C(=O)Nc1ccccc1. The van der Waals surface area contributed by atoms with Crippen molar-refractivity contribution in [1.82, 2.24) is 9.78 Å². The molecule has 1 atom stereocenters. The van der Waals surface area contributed by atoms with E-state index in [0.29, 0.717) is 5.69 Å². The van der Waals surface area contributed by atoms with E-state index in [1.54, 1.807) is 19.1 Å². The summed E-state index contributed by atoms with van der Waals surface area (Å²) in [5, 5.41) is 7.26. The Bertz CT molecular complexity index is 965. The molecule has 0 fully saturated rings. The number of aromatic nitrogens is 2. The van der Waals surface area contributed by atoms with Gasteiger partial charge in [-0.25, -0.2) is 4.68 Å². The highest BCUT2D eigenvalue weighted by molar-refractivity contribution is 5.95. The maximum Gasteiger partial charge on any atom is 0.311 e. The quantitative estimate of drug-likeness (QED) is 0.666. The molecule has 0 spiro atoms. The smallest absolute Gasteiger partial charge is 0.311 e. The standard InChI is InChI=1S/C22H23N3O3/c1-15-20(16(2)25(24-15)19-12-8-5-9-13-19)14-21(26)28-17(3)22(27)23-18-10-6-4-7-11-18/h4-13,17H,14H2,1-3H3,(H,23,27)/t17-/m1/s1. The fourth-order valence-corrected chi connectivity index (χ4v) is 2.95. The molecule has 1 aromatic heterocycles. The molecule has 0 aliphatic carbocycles. The number of rotatable bonds is 6. The van der Waals surface area contributed by atoms with Crippen LogP contribution < -0.4 is 5.32 Å². The number of anilines is 1. The zero-order chi connectivity index (χ0) is 20.1. The lowest BCUT2D eigenvalue weighted by Crippen LogP contribution is -2.30. The van der Waals surface area contributed by atoms with Crippen molar-refractivity contribution in [3.63, 3.8) is 0 Å². The first-order chi connectivity index (χ1) is 13.5. The predicted molar refractivity (Wildman–Crippen MR) is 107 cm³/mol. The summed E-state index contributed by atoms with van der Waals surface area (Å²) in [6.07, 6.45) is -0.828. The Morgan fingerprint density at radius 1 is 1.04 bits per heavy atom. The van der Waals surface area contributed by atoms with Crippen LogP contribution in [0.4, 0.5) is 5.69 Å². The average molecular weight is 377 g/mol. The number of aryl methyl sites for hydroxylation is 1. The number of hydrogen-bond acceptors (Lipinski definition) is 4. The highest BCUT2D eigenvalue weighted by atomic mass is 16.5. The van der Waals surface area contributed by atoms with E-state index in [1.807, 2.05) is 67.1 Å². The number of benzene rings is 2. The van der Waals surface area contributed by atoms with Crippen molar-refractivity contribution in [2.75, 3.05) is 5.32 Å². The van der Waals surface area contributed by atoms with E-state index in [0.717, 1.165) is 22.6 Å². The molecule has 0 radical (unpaired) electrons. The minimum atomic E-state index is -0.891. The number of amides is 1. The molecule has 144 valence electrons. The van der Waals surface area contributed by atoms with E-state index in [2.05, 4.69) is 10.4 Å². The second kappa shape index (κ2) is 8.52. The van der Waals surface area contributed by atoms with Crippen LogP contribution in [0.15, 0.2) is 60.7 Å². The van der Waals surface area contributed by atoms with Gasteiger partial charge in [0.05, 0.1) is 17.8 Å². The molecule has 0 bridgehead atoms. The molecular formula is C22H23N3O3. The van der Waals surface area contributed by atoms with Gasteiger partial charge in [-0.1, -0.05) is 36.4 Å². The van der Waals surface area contributed by atoms with Gasteiger partial charge in [-0.15, -0.1) is 0 Å². The van der Waals surface area contributed by atoms with Gasteiger partial charge in [0.2, 0.25) is 0 Å². The second-order valence-electron chi connectivity index (χ2n) is 6.56. The maximum absolute atomic E-state index is 12.4. The van der Waals surface area contributed by atoms with Crippen molar-refractivity contribution >= 4 is 17.6 Å². The minimum absolute atomic E-state index is 0.0630. The lowest BCUT2D eigenvalue weighted by atomic mass is 10.1. The molecule has 6 nitrogen and oxygen atoms in total. The number of para-hydroxylation sites is 2. The van der Waals surface area contributed by atoms with Gasteiger partial charge in [0.25, 0.3) is 5.91 Å². The van der Waals surface area contributed by atoms with E-state index in [9.17, 15) is 9.59 Å². The van der Waals surface area contributed by atoms with Gasteiger partial charge >= 0.3 is 5.97 Å². The van der Waals surface area contributed by atoms with Crippen molar-refractivity contribution in [2.24, 2.45) is 0 Å². The molecule has 0 saturated carbocycles. The third-order valence-electron chi connectivity index (χ3n) is 4.48. The van der Waals surface area contributed by atoms with Crippen molar-refractivity contribution in [2.45, 2.75) is 33.3 Å². The van der Waals surface area contributed by atoms with Gasteiger partial charge < -0.3 is 10.1 Å². The minimum Gasteiger partial charge on any atom is -0.452 e. The van der Waals surface area contributed by atoms with Crippen LogP contribution >= 0.6 is 0 Å². The molecule has 3 rings (SSSR count). The third kappa shape index (κ3) is 4.46. The molecular weight excluding hydrogens is 354 g/mol. The Labute approximate surface area is 164 Å².